The molecule has 2 nitrogen and oxygen atoms in total. The van der Waals surface area contributed by atoms with E-state index in [4.69, 9.17) is 9.47 Å². The van der Waals surface area contributed by atoms with E-state index in [-0.39, 0.29) is 0 Å². The number of hydrogen-bond acceptors (Lipinski definition) is 2. The van der Waals surface area contributed by atoms with Crippen molar-refractivity contribution < 1.29 is 9.47 Å². The molecule has 1 aromatic carbocycles. The fraction of sp³-hybridized carbons (Fsp3) is 0.556. The highest BCUT2D eigenvalue weighted by atomic mass is 16.5. The van der Waals surface area contributed by atoms with E-state index in [0.29, 0.717) is 5.92 Å². The smallest absolute Gasteiger partial charge is 0.126 e. The van der Waals surface area contributed by atoms with E-state index in [9.17, 15) is 0 Å². The summed E-state index contributed by atoms with van der Waals surface area (Å²) in [6.07, 6.45) is 5.96. The molecule has 0 N–H and O–H groups in total. The van der Waals surface area contributed by atoms with Crippen LogP contribution in [0, 0.1) is 5.92 Å². The average Bonchev–Trinajstić information content (AvgIpc) is 2.42. The maximum atomic E-state index is 5.92. The molecule has 0 spiro atoms. The van der Waals surface area contributed by atoms with Crippen molar-refractivity contribution >= 4 is 0 Å². The van der Waals surface area contributed by atoms with E-state index < -0.39 is 0 Å². The van der Waals surface area contributed by atoms with Crippen molar-refractivity contribution in [3.05, 3.63) is 36.4 Å². The van der Waals surface area contributed by atoms with Crippen LogP contribution in [0.25, 0.3) is 0 Å². The summed E-state index contributed by atoms with van der Waals surface area (Å²) >= 11 is 0. The van der Waals surface area contributed by atoms with Crippen LogP contribution in [-0.2, 0) is 6.42 Å². The zero-order chi connectivity index (χ0) is 14.8. The SMILES string of the molecule is C=CCc1c(OCCCC)cccc1OCCC(C)C. The molecule has 0 heterocycles. The molecule has 0 saturated heterocycles. The minimum Gasteiger partial charge on any atom is -0.493 e. The lowest BCUT2D eigenvalue weighted by atomic mass is 10.1. The van der Waals surface area contributed by atoms with Crippen molar-refractivity contribution in [3.8, 4) is 11.5 Å². The molecule has 0 aliphatic heterocycles. The predicted octanol–water partition coefficient (Wildman–Crippen LogP) is 5.02. The summed E-state index contributed by atoms with van der Waals surface area (Å²) in [6, 6.07) is 6.04. The van der Waals surface area contributed by atoms with Crippen LogP contribution in [-0.4, -0.2) is 13.2 Å². The minimum atomic E-state index is 0.654. The van der Waals surface area contributed by atoms with Crippen LogP contribution in [0.4, 0.5) is 0 Å². The second kappa shape index (κ2) is 9.46. The third-order valence-corrected chi connectivity index (χ3v) is 3.15. The first-order valence-electron chi connectivity index (χ1n) is 7.67. The van der Waals surface area contributed by atoms with Crippen LogP contribution in [0.1, 0.15) is 45.6 Å². The Labute approximate surface area is 123 Å². The Bertz CT molecular complexity index is 396. The Morgan fingerprint density at radius 1 is 1.15 bits per heavy atom. The van der Waals surface area contributed by atoms with Gasteiger partial charge in [0.25, 0.3) is 0 Å². The molecule has 1 rings (SSSR count). The standard InChI is InChI=1S/C18H28O2/c1-5-7-13-19-17-10-8-11-18(16(17)9-6-2)20-14-12-15(3)4/h6,8,10-11,15H,2,5,7,9,12-14H2,1,3-4H3. The van der Waals surface area contributed by atoms with Gasteiger partial charge in [0, 0.05) is 5.56 Å². The van der Waals surface area contributed by atoms with Gasteiger partial charge in [0.2, 0.25) is 0 Å². The molecule has 0 aliphatic rings. The van der Waals surface area contributed by atoms with Gasteiger partial charge in [-0.05, 0) is 37.3 Å². The summed E-state index contributed by atoms with van der Waals surface area (Å²) in [5.74, 6) is 2.52. The van der Waals surface area contributed by atoms with Crippen LogP contribution in [0.3, 0.4) is 0 Å². The normalized spacial score (nSPS) is 10.6. The highest BCUT2D eigenvalue weighted by molar-refractivity contribution is 5.45. The van der Waals surface area contributed by atoms with E-state index in [1.54, 1.807) is 0 Å². The summed E-state index contributed by atoms with van der Waals surface area (Å²) in [6.45, 7) is 11.9. The Morgan fingerprint density at radius 2 is 1.80 bits per heavy atom. The topological polar surface area (TPSA) is 18.5 Å². The lowest BCUT2D eigenvalue weighted by molar-refractivity contribution is 0.278. The number of hydrogen-bond donors (Lipinski definition) is 0. The van der Waals surface area contributed by atoms with Gasteiger partial charge in [0.05, 0.1) is 13.2 Å². The van der Waals surface area contributed by atoms with Crippen molar-refractivity contribution in [3.63, 3.8) is 0 Å². The van der Waals surface area contributed by atoms with Gasteiger partial charge in [-0.3, -0.25) is 0 Å². The first-order valence-corrected chi connectivity index (χ1v) is 7.67. The fourth-order valence-corrected chi connectivity index (χ4v) is 1.89. The first-order chi connectivity index (χ1) is 9.69. The van der Waals surface area contributed by atoms with E-state index in [1.807, 2.05) is 24.3 Å². The predicted molar refractivity (Wildman–Crippen MR) is 85.7 cm³/mol. The van der Waals surface area contributed by atoms with Gasteiger partial charge < -0.3 is 9.47 Å². The monoisotopic (exact) mass is 276 g/mol. The third kappa shape index (κ3) is 5.68. The average molecular weight is 276 g/mol. The van der Waals surface area contributed by atoms with Crippen molar-refractivity contribution in [2.45, 2.75) is 46.5 Å². The largest absolute Gasteiger partial charge is 0.493 e. The Kier molecular flexibility index (Phi) is 7.86. The quantitative estimate of drug-likeness (QED) is 0.441. The summed E-state index contributed by atoms with van der Waals surface area (Å²) in [5, 5.41) is 0. The Balaban J connectivity index is 2.75. The molecule has 0 amide bonds. The number of benzene rings is 1. The molecule has 0 bridgehead atoms. The maximum Gasteiger partial charge on any atom is 0.126 e. The lowest BCUT2D eigenvalue weighted by Crippen LogP contribution is -2.05. The molecule has 112 valence electrons. The molecule has 0 aliphatic carbocycles. The number of allylic oxidation sites excluding steroid dienone is 1. The van der Waals surface area contributed by atoms with Gasteiger partial charge in [0.1, 0.15) is 11.5 Å². The van der Waals surface area contributed by atoms with Crippen molar-refractivity contribution in [1.29, 1.82) is 0 Å². The summed E-state index contributed by atoms with van der Waals surface area (Å²) in [5.41, 5.74) is 1.11. The van der Waals surface area contributed by atoms with E-state index in [1.165, 1.54) is 0 Å². The van der Waals surface area contributed by atoms with Crippen LogP contribution >= 0.6 is 0 Å². The van der Waals surface area contributed by atoms with Crippen LogP contribution in [0.15, 0.2) is 30.9 Å². The molecule has 0 atom stereocenters. The maximum absolute atomic E-state index is 5.92. The zero-order valence-corrected chi connectivity index (χ0v) is 13.2. The first kappa shape index (κ1) is 16.6. The van der Waals surface area contributed by atoms with Gasteiger partial charge in [-0.25, -0.2) is 0 Å². The third-order valence-electron chi connectivity index (χ3n) is 3.15. The van der Waals surface area contributed by atoms with Gasteiger partial charge >= 0.3 is 0 Å². The van der Waals surface area contributed by atoms with Gasteiger partial charge in [-0.15, -0.1) is 6.58 Å². The minimum absolute atomic E-state index is 0.654. The fourth-order valence-electron chi connectivity index (χ4n) is 1.89. The molecule has 0 saturated carbocycles. The highest BCUT2D eigenvalue weighted by Gasteiger charge is 2.09. The lowest BCUT2D eigenvalue weighted by Gasteiger charge is -2.16. The van der Waals surface area contributed by atoms with E-state index in [2.05, 4.69) is 27.4 Å². The molecule has 0 fully saturated rings. The Morgan fingerprint density at radius 3 is 2.35 bits per heavy atom. The molecule has 2 heteroatoms. The molecule has 1 aromatic rings. The zero-order valence-electron chi connectivity index (χ0n) is 13.2. The number of ether oxygens (including phenoxy) is 2. The molecular weight excluding hydrogens is 248 g/mol. The number of unbranched alkanes of at least 4 members (excludes halogenated alkanes) is 1. The van der Waals surface area contributed by atoms with Gasteiger partial charge in [0.15, 0.2) is 0 Å². The molecule has 20 heavy (non-hydrogen) atoms. The van der Waals surface area contributed by atoms with Gasteiger partial charge in [-0.2, -0.15) is 0 Å². The second-order valence-corrected chi connectivity index (χ2v) is 5.46. The molecular formula is C18H28O2. The number of rotatable bonds is 10. The van der Waals surface area contributed by atoms with Crippen LogP contribution in [0.5, 0.6) is 11.5 Å². The molecule has 0 unspecified atom stereocenters. The second-order valence-electron chi connectivity index (χ2n) is 5.46. The Hall–Kier alpha value is -1.44. The summed E-state index contributed by atoms with van der Waals surface area (Å²) < 4.78 is 11.8. The summed E-state index contributed by atoms with van der Waals surface area (Å²) in [4.78, 5) is 0. The van der Waals surface area contributed by atoms with E-state index >= 15 is 0 Å². The highest BCUT2D eigenvalue weighted by Crippen LogP contribution is 2.30. The van der Waals surface area contributed by atoms with E-state index in [0.717, 1.165) is 56.0 Å². The summed E-state index contributed by atoms with van der Waals surface area (Å²) in [7, 11) is 0. The molecule has 0 aromatic heterocycles. The molecule has 0 radical (unpaired) electrons. The van der Waals surface area contributed by atoms with Crippen LogP contribution < -0.4 is 9.47 Å². The van der Waals surface area contributed by atoms with Crippen molar-refractivity contribution in [2.24, 2.45) is 5.92 Å². The van der Waals surface area contributed by atoms with Gasteiger partial charge in [-0.1, -0.05) is 39.3 Å². The van der Waals surface area contributed by atoms with Crippen molar-refractivity contribution in [1.82, 2.24) is 0 Å². The van der Waals surface area contributed by atoms with Crippen molar-refractivity contribution in [2.75, 3.05) is 13.2 Å². The van der Waals surface area contributed by atoms with Crippen LogP contribution in [0.2, 0.25) is 0 Å².